The van der Waals surface area contributed by atoms with Gasteiger partial charge in [-0.3, -0.25) is 4.21 Å². The molecule has 1 aliphatic heterocycles. The summed E-state index contributed by atoms with van der Waals surface area (Å²) in [6, 6.07) is 0.140. The third kappa shape index (κ3) is 3.38. The molecule has 2 heterocycles. The van der Waals surface area contributed by atoms with Crippen LogP contribution in [0.5, 0.6) is 0 Å². The van der Waals surface area contributed by atoms with Gasteiger partial charge in [-0.15, -0.1) is 0 Å². The van der Waals surface area contributed by atoms with Gasteiger partial charge >= 0.3 is 0 Å². The number of nitrogens with zero attached hydrogens (tertiary/aromatic N) is 2. The zero-order valence-electron chi connectivity index (χ0n) is 10.3. The molecule has 0 amide bonds. The van der Waals surface area contributed by atoms with Gasteiger partial charge in [0.15, 0.2) is 11.6 Å². The summed E-state index contributed by atoms with van der Waals surface area (Å²) in [4.78, 5) is 7.94. The molecule has 0 bridgehead atoms. The molecule has 0 radical (unpaired) electrons. The second-order valence-electron chi connectivity index (χ2n) is 4.19. The fraction of sp³-hybridized carbons (Fsp3) is 0.636. The van der Waals surface area contributed by atoms with Crippen LogP contribution in [-0.2, 0) is 10.8 Å². The van der Waals surface area contributed by atoms with Crippen molar-refractivity contribution in [1.82, 2.24) is 9.97 Å². The zero-order chi connectivity index (χ0) is 13.0. The Labute approximate surface area is 108 Å². The summed E-state index contributed by atoms with van der Waals surface area (Å²) in [5.74, 6) is 1.53. The molecule has 0 aliphatic carbocycles. The van der Waals surface area contributed by atoms with Crippen LogP contribution in [-0.4, -0.2) is 38.3 Å². The molecule has 100 valence electrons. The van der Waals surface area contributed by atoms with Gasteiger partial charge in [-0.1, -0.05) is 0 Å². The molecule has 1 aromatic rings. The summed E-state index contributed by atoms with van der Waals surface area (Å²) in [5, 5.41) is 6.01. The Morgan fingerprint density at radius 2 is 2.22 bits per heavy atom. The van der Waals surface area contributed by atoms with Gasteiger partial charge in [-0.05, 0) is 19.8 Å². The summed E-state index contributed by atoms with van der Waals surface area (Å²) in [6.45, 7) is 2.61. The van der Waals surface area contributed by atoms with Crippen molar-refractivity contribution in [3.05, 3.63) is 12.0 Å². The van der Waals surface area contributed by atoms with Gasteiger partial charge in [-0.25, -0.2) is 9.37 Å². The van der Waals surface area contributed by atoms with Crippen LogP contribution in [0.4, 0.5) is 16.2 Å². The normalized spacial score (nSPS) is 23.7. The van der Waals surface area contributed by atoms with E-state index >= 15 is 0 Å². The van der Waals surface area contributed by atoms with Crippen molar-refractivity contribution in [3.8, 4) is 0 Å². The minimum atomic E-state index is -0.711. The summed E-state index contributed by atoms with van der Waals surface area (Å²) < 4.78 is 24.8. The van der Waals surface area contributed by atoms with Gasteiger partial charge in [0, 0.05) is 34.9 Å². The largest absolute Gasteiger partial charge is 0.365 e. The smallest absolute Gasteiger partial charge is 0.224 e. The number of nitrogens with one attached hydrogen (secondary N) is 2. The Kier molecular flexibility index (Phi) is 4.46. The summed E-state index contributed by atoms with van der Waals surface area (Å²) in [7, 11) is -0.711. The lowest BCUT2D eigenvalue weighted by molar-refractivity contribution is 0.594. The molecular formula is C11H17FN4OS. The number of rotatable bonds is 4. The van der Waals surface area contributed by atoms with Crippen LogP contribution in [0.2, 0.25) is 0 Å². The zero-order valence-corrected chi connectivity index (χ0v) is 11.1. The van der Waals surface area contributed by atoms with Crippen molar-refractivity contribution in [3.63, 3.8) is 0 Å². The molecule has 5 nitrogen and oxygen atoms in total. The number of anilines is 2. The van der Waals surface area contributed by atoms with E-state index in [1.807, 2.05) is 6.92 Å². The van der Waals surface area contributed by atoms with E-state index in [1.54, 1.807) is 0 Å². The first-order valence-electron chi connectivity index (χ1n) is 6.07. The van der Waals surface area contributed by atoms with Crippen LogP contribution in [0.1, 0.15) is 19.8 Å². The summed E-state index contributed by atoms with van der Waals surface area (Å²) in [6.07, 6.45) is 2.73. The summed E-state index contributed by atoms with van der Waals surface area (Å²) >= 11 is 0. The molecule has 0 aromatic carbocycles. The van der Waals surface area contributed by atoms with E-state index in [1.165, 1.54) is 0 Å². The van der Waals surface area contributed by atoms with E-state index in [-0.39, 0.29) is 11.9 Å². The van der Waals surface area contributed by atoms with Gasteiger partial charge in [-0.2, -0.15) is 4.98 Å². The van der Waals surface area contributed by atoms with Crippen LogP contribution in [0.3, 0.4) is 0 Å². The van der Waals surface area contributed by atoms with Crippen molar-refractivity contribution in [2.24, 2.45) is 0 Å². The van der Waals surface area contributed by atoms with Crippen LogP contribution < -0.4 is 10.6 Å². The standard InChI is InChI=1S/C11H17FN4OS/c1-2-13-11-14-7-9(12)10(16-11)15-8-3-5-18(17)6-4-8/h7-8H,2-6H2,1H3,(H2,13,14,15,16). The molecule has 2 N–H and O–H groups in total. The Morgan fingerprint density at radius 3 is 2.89 bits per heavy atom. The lowest BCUT2D eigenvalue weighted by Crippen LogP contribution is -2.30. The Hall–Kier alpha value is -1.24. The van der Waals surface area contributed by atoms with E-state index in [0.29, 0.717) is 24.0 Å². The third-order valence-electron chi connectivity index (χ3n) is 2.81. The van der Waals surface area contributed by atoms with Crippen LogP contribution in [0.15, 0.2) is 6.20 Å². The molecule has 18 heavy (non-hydrogen) atoms. The maximum atomic E-state index is 13.6. The SMILES string of the molecule is CCNc1ncc(F)c(NC2CCS(=O)CC2)n1. The predicted octanol–water partition coefficient (Wildman–Crippen LogP) is 1.37. The van der Waals surface area contributed by atoms with Crippen molar-refractivity contribution in [1.29, 1.82) is 0 Å². The minimum Gasteiger partial charge on any atom is -0.365 e. The Balaban J connectivity index is 2.03. The lowest BCUT2D eigenvalue weighted by Gasteiger charge is -2.23. The first-order chi connectivity index (χ1) is 8.69. The maximum absolute atomic E-state index is 13.6. The molecule has 0 atom stereocenters. The second kappa shape index (κ2) is 6.08. The van der Waals surface area contributed by atoms with Crippen LogP contribution in [0.25, 0.3) is 0 Å². The number of hydrogen-bond acceptors (Lipinski definition) is 5. The van der Waals surface area contributed by atoms with Gasteiger partial charge in [0.2, 0.25) is 5.95 Å². The number of aromatic nitrogens is 2. The van der Waals surface area contributed by atoms with Crippen molar-refractivity contribution in [2.45, 2.75) is 25.8 Å². The van der Waals surface area contributed by atoms with E-state index in [4.69, 9.17) is 0 Å². The fourth-order valence-electron chi connectivity index (χ4n) is 1.84. The Morgan fingerprint density at radius 1 is 1.50 bits per heavy atom. The third-order valence-corrected chi connectivity index (χ3v) is 4.19. The fourth-order valence-corrected chi connectivity index (χ4v) is 3.14. The quantitative estimate of drug-likeness (QED) is 0.866. The average Bonchev–Trinajstić information content (AvgIpc) is 2.36. The van der Waals surface area contributed by atoms with E-state index in [2.05, 4.69) is 20.6 Å². The highest BCUT2D eigenvalue weighted by molar-refractivity contribution is 7.85. The van der Waals surface area contributed by atoms with Gasteiger partial charge in [0.1, 0.15) is 0 Å². The highest BCUT2D eigenvalue weighted by Gasteiger charge is 2.19. The van der Waals surface area contributed by atoms with Crippen LogP contribution >= 0.6 is 0 Å². The molecule has 7 heteroatoms. The minimum absolute atomic E-state index is 0.140. The monoisotopic (exact) mass is 272 g/mol. The maximum Gasteiger partial charge on any atom is 0.224 e. The molecule has 2 rings (SSSR count). The predicted molar refractivity (Wildman–Crippen MR) is 70.7 cm³/mol. The van der Waals surface area contributed by atoms with Crippen molar-refractivity contribution < 1.29 is 8.60 Å². The molecule has 1 fully saturated rings. The van der Waals surface area contributed by atoms with E-state index in [9.17, 15) is 8.60 Å². The Bertz CT molecular complexity index is 433. The van der Waals surface area contributed by atoms with E-state index in [0.717, 1.165) is 19.0 Å². The lowest BCUT2D eigenvalue weighted by atomic mass is 10.1. The van der Waals surface area contributed by atoms with Gasteiger partial charge in [0.05, 0.1) is 6.20 Å². The molecular weight excluding hydrogens is 255 g/mol. The average molecular weight is 272 g/mol. The first-order valence-corrected chi connectivity index (χ1v) is 7.55. The number of hydrogen-bond donors (Lipinski definition) is 2. The number of halogens is 1. The highest BCUT2D eigenvalue weighted by atomic mass is 32.2. The van der Waals surface area contributed by atoms with Crippen molar-refractivity contribution >= 4 is 22.6 Å². The molecule has 1 aliphatic rings. The second-order valence-corrected chi connectivity index (χ2v) is 5.88. The first kappa shape index (κ1) is 13.2. The van der Waals surface area contributed by atoms with E-state index < -0.39 is 16.6 Å². The molecule has 0 saturated carbocycles. The molecule has 1 aromatic heterocycles. The van der Waals surface area contributed by atoms with Gasteiger partial charge < -0.3 is 10.6 Å². The van der Waals surface area contributed by atoms with Crippen LogP contribution in [0, 0.1) is 5.82 Å². The highest BCUT2D eigenvalue weighted by Crippen LogP contribution is 2.18. The molecule has 1 saturated heterocycles. The summed E-state index contributed by atoms with van der Waals surface area (Å²) in [5.41, 5.74) is 0. The van der Waals surface area contributed by atoms with Crippen molar-refractivity contribution in [2.75, 3.05) is 28.7 Å². The molecule has 0 spiro atoms. The van der Waals surface area contributed by atoms with Gasteiger partial charge in [0.25, 0.3) is 0 Å². The molecule has 0 unspecified atom stereocenters. The topological polar surface area (TPSA) is 66.9 Å².